The lowest BCUT2D eigenvalue weighted by Gasteiger charge is -2.32. The van der Waals surface area contributed by atoms with Crippen LogP contribution in [0.25, 0.3) is 104 Å². The first-order valence-corrected chi connectivity index (χ1v) is 27.4. The van der Waals surface area contributed by atoms with Crippen molar-refractivity contribution in [1.29, 1.82) is 0 Å². The molecule has 3 aliphatic rings. The second-order valence-electron chi connectivity index (χ2n) is 22.2. The maximum absolute atomic E-state index is 2.56. The first-order chi connectivity index (χ1) is 38.5. The summed E-state index contributed by atoms with van der Waals surface area (Å²) in [5.74, 6) is 0. The Balaban J connectivity index is 0.937. The molecule has 2 nitrogen and oxygen atoms in total. The van der Waals surface area contributed by atoms with Crippen LogP contribution in [-0.4, -0.2) is 4.57 Å². The van der Waals surface area contributed by atoms with Crippen LogP contribution in [0.1, 0.15) is 47.2 Å². The van der Waals surface area contributed by atoms with E-state index in [4.69, 9.17) is 0 Å². The summed E-state index contributed by atoms with van der Waals surface area (Å²) in [6, 6.07) is 101. The minimum atomic E-state index is -0.497. The van der Waals surface area contributed by atoms with E-state index in [1.807, 2.05) is 0 Å². The molecule has 1 spiro atoms. The predicted octanol–water partition coefficient (Wildman–Crippen LogP) is 20.0. The van der Waals surface area contributed by atoms with Crippen molar-refractivity contribution in [2.45, 2.75) is 24.7 Å². The lowest BCUT2D eigenvalue weighted by atomic mass is 9.68. The van der Waals surface area contributed by atoms with Crippen molar-refractivity contribution in [3.8, 4) is 50.2 Å². The number of anilines is 3. The van der Waals surface area contributed by atoms with E-state index in [1.54, 1.807) is 0 Å². The van der Waals surface area contributed by atoms with E-state index in [0.717, 1.165) is 28.3 Å². The zero-order chi connectivity index (χ0) is 51.4. The molecule has 0 radical (unpaired) electrons. The molecule has 0 saturated carbocycles. The van der Waals surface area contributed by atoms with Gasteiger partial charge in [0.2, 0.25) is 0 Å². The van der Waals surface area contributed by atoms with Gasteiger partial charge in [-0.25, -0.2) is 0 Å². The SMILES string of the molecule is CC1(C)c2ccccc2-c2ccc(N(c3ccc4c5ccccc5n(-c5cc6ccccc6c6c(-c7cccc8c7C7(c9ccccc9-c9ccccc97)c7ccccc7-8)cccc56)c4c3)c3cccc4ccccc34)cc21. The van der Waals surface area contributed by atoms with Crippen LogP contribution in [0.4, 0.5) is 17.1 Å². The minimum Gasteiger partial charge on any atom is -0.310 e. The Morgan fingerprint density at radius 3 is 1.53 bits per heavy atom. The van der Waals surface area contributed by atoms with Crippen LogP contribution in [0.5, 0.6) is 0 Å². The average Bonchev–Trinajstić information content (AvgIpc) is 4.30. The monoisotopic (exact) mass is 990 g/mol. The van der Waals surface area contributed by atoms with E-state index in [1.165, 1.54) is 126 Å². The van der Waals surface area contributed by atoms with Crippen molar-refractivity contribution in [1.82, 2.24) is 4.57 Å². The molecule has 0 fully saturated rings. The molecule has 3 aliphatic carbocycles. The number of fused-ring (bicyclic) bond motifs is 20. The Morgan fingerprint density at radius 2 is 0.782 bits per heavy atom. The summed E-state index contributed by atoms with van der Waals surface area (Å²) >= 11 is 0. The summed E-state index contributed by atoms with van der Waals surface area (Å²) in [7, 11) is 0. The average molecular weight is 991 g/mol. The third-order valence-corrected chi connectivity index (χ3v) is 18.2. The van der Waals surface area contributed by atoms with Gasteiger partial charge in [0.05, 0.1) is 27.8 Å². The normalized spacial score (nSPS) is 14.0. The second kappa shape index (κ2) is 15.9. The van der Waals surface area contributed by atoms with Crippen molar-refractivity contribution < 1.29 is 0 Å². The van der Waals surface area contributed by atoms with E-state index in [2.05, 4.69) is 290 Å². The zero-order valence-electron chi connectivity index (χ0n) is 43.3. The molecule has 14 aromatic rings. The number of hydrogen-bond donors (Lipinski definition) is 0. The summed E-state index contributed by atoms with van der Waals surface area (Å²) < 4.78 is 2.56. The Kier molecular flexibility index (Phi) is 8.86. The number of para-hydroxylation sites is 1. The highest BCUT2D eigenvalue weighted by Gasteiger charge is 2.52. The van der Waals surface area contributed by atoms with Crippen molar-refractivity contribution in [2.24, 2.45) is 0 Å². The van der Waals surface area contributed by atoms with Gasteiger partial charge in [0.15, 0.2) is 0 Å². The van der Waals surface area contributed by atoms with Crippen molar-refractivity contribution >= 4 is 71.2 Å². The van der Waals surface area contributed by atoms with E-state index in [0.29, 0.717) is 0 Å². The first-order valence-electron chi connectivity index (χ1n) is 27.4. The van der Waals surface area contributed by atoms with Crippen molar-refractivity contribution in [2.75, 3.05) is 4.90 Å². The third kappa shape index (κ3) is 5.66. The van der Waals surface area contributed by atoms with Crippen LogP contribution in [0.2, 0.25) is 0 Å². The molecule has 364 valence electrons. The van der Waals surface area contributed by atoms with Gasteiger partial charge >= 0.3 is 0 Å². The summed E-state index contributed by atoms with van der Waals surface area (Å²) in [6.45, 7) is 4.75. The lowest BCUT2D eigenvalue weighted by molar-refractivity contribution is 0.660. The highest BCUT2D eigenvalue weighted by molar-refractivity contribution is 6.20. The molecule has 13 aromatic carbocycles. The highest BCUT2D eigenvalue weighted by atomic mass is 15.1. The third-order valence-electron chi connectivity index (χ3n) is 18.2. The molecule has 78 heavy (non-hydrogen) atoms. The summed E-state index contributed by atoms with van der Waals surface area (Å²) in [4.78, 5) is 2.50. The Labute approximate surface area is 453 Å². The zero-order valence-corrected chi connectivity index (χ0v) is 43.3. The topological polar surface area (TPSA) is 8.17 Å². The smallest absolute Gasteiger partial charge is 0.0731 e. The quantitative estimate of drug-likeness (QED) is 0.156. The molecule has 1 aromatic heterocycles. The molecule has 2 heteroatoms. The van der Waals surface area contributed by atoms with Crippen LogP contribution in [0.3, 0.4) is 0 Å². The summed E-state index contributed by atoms with van der Waals surface area (Å²) in [5, 5.41) is 9.77. The van der Waals surface area contributed by atoms with Gasteiger partial charge in [0, 0.05) is 38.3 Å². The summed E-state index contributed by atoms with van der Waals surface area (Å²) in [6.07, 6.45) is 0. The van der Waals surface area contributed by atoms with E-state index in [9.17, 15) is 0 Å². The van der Waals surface area contributed by atoms with Crippen LogP contribution >= 0.6 is 0 Å². The van der Waals surface area contributed by atoms with Gasteiger partial charge < -0.3 is 9.47 Å². The van der Waals surface area contributed by atoms with Gasteiger partial charge in [0.1, 0.15) is 0 Å². The van der Waals surface area contributed by atoms with Gasteiger partial charge in [-0.3, -0.25) is 0 Å². The maximum atomic E-state index is 2.56. The van der Waals surface area contributed by atoms with E-state index in [-0.39, 0.29) is 5.41 Å². The predicted molar refractivity (Wildman–Crippen MR) is 327 cm³/mol. The molecule has 17 rings (SSSR count). The molecule has 0 N–H and O–H groups in total. The molecule has 0 saturated heterocycles. The molecule has 0 aliphatic heterocycles. The van der Waals surface area contributed by atoms with Crippen LogP contribution < -0.4 is 4.90 Å². The fourth-order valence-corrected chi connectivity index (χ4v) is 14.9. The number of hydrogen-bond acceptors (Lipinski definition) is 1. The lowest BCUT2D eigenvalue weighted by Crippen LogP contribution is -2.26. The second-order valence-corrected chi connectivity index (χ2v) is 22.2. The van der Waals surface area contributed by atoms with Gasteiger partial charge in [0.25, 0.3) is 0 Å². The molecule has 0 amide bonds. The number of rotatable bonds is 5. The van der Waals surface area contributed by atoms with Crippen LogP contribution in [0.15, 0.2) is 267 Å². The first kappa shape index (κ1) is 43.5. The number of aromatic nitrogens is 1. The molecule has 0 unspecified atom stereocenters. The van der Waals surface area contributed by atoms with E-state index >= 15 is 0 Å². The Hall–Kier alpha value is -9.76. The van der Waals surface area contributed by atoms with Crippen molar-refractivity contribution in [3.63, 3.8) is 0 Å². The van der Waals surface area contributed by atoms with Gasteiger partial charge in [-0.1, -0.05) is 238 Å². The Bertz CT molecular complexity index is 4840. The largest absolute Gasteiger partial charge is 0.310 e. The minimum absolute atomic E-state index is 0.158. The maximum Gasteiger partial charge on any atom is 0.0731 e. The van der Waals surface area contributed by atoms with Crippen LogP contribution in [0, 0.1) is 0 Å². The summed E-state index contributed by atoms with van der Waals surface area (Å²) in [5.41, 5.74) is 24.7. The standard InChI is InChI=1S/C76H50N2/c1-75(2)64-34-12-7-25-53(64)57-42-40-49(45-68(57)75)77(69-39-17-22-47-20-3-5-23-51(47)69)50-41-43-59-58-29-11-16-38-70(58)78(72(59)46-50)71-44-48-21-4-6-24-52(48)73-60(30-18-33-63(71)73)62-32-19-31-61-56-28-10-15-37-67(56)76(74(61)62)65-35-13-8-26-54(65)55-27-9-14-36-66(55)76/h3-46H,1-2H3. The number of benzene rings is 13. The molecular weight excluding hydrogens is 941 g/mol. The highest BCUT2D eigenvalue weighted by Crippen LogP contribution is 2.65. The van der Waals surface area contributed by atoms with E-state index < -0.39 is 5.41 Å². The van der Waals surface area contributed by atoms with Crippen molar-refractivity contribution in [3.05, 3.63) is 300 Å². The van der Waals surface area contributed by atoms with Gasteiger partial charge in [-0.15, -0.1) is 0 Å². The van der Waals surface area contributed by atoms with Crippen LogP contribution in [-0.2, 0) is 10.8 Å². The Morgan fingerprint density at radius 1 is 0.308 bits per heavy atom. The molecule has 1 heterocycles. The molecule has 0 bridgehead atoms. The fraction of sp³-hybridized carbons (Fsp3) is 0.0526. The molecular formula is C76H50N2. The van der Waals surface area contributed by atoms with Gasteiger partial charge in [-0.05, 0) is 142 Å². The molecule has 0 atom stereocenters. The van der Waals surface area contributed by atoms with Gasteiger partial charge in [-0.2, -0.15) is 0 Å². The number of nitrogens with zero attached hydrogens (tertiary/aromatic N) is 2. The fourth-order valence-electron chi connectivity index (χ4n) is 14.9.